The summed E-state index contributed by atoms with van der Waals surface area (Å²) >= 11 is 1.38. The molecule has 0 aliphatic carbocycles. The van der Waals surface area contributed by atoms with Crippen molar-refractivity contribution in [2.24, 2.45) is 0 Å². The molecule has 2 nitrogen and oxygen atoms in total. The summed E-state index contributed by atoms with van der Waals surface area (Å²) in [5.74, 6) is 0. The number of anilines is 1. The van der Waals surface area contributed by atoms with E-state index in [1.165, 1.54) is 11.3 Å². The third kappa shape index (κ3) is 2.72. The highest BCUT2D eigenvalue weighted by Crippen LogP contribution is 2.14. The zero-order valence-corrected chi connectivity index (χ0v) is 6.13. The Bertz CT molecular complexity index is 226. The van der Waals surface area contributed by atoms with Crippen LogP contribution >= 0.6 is 23.7 Å². The summed E-state index contributed by atoms with van der Waals surface area (Å²) in [4.78, 5) is 0. The second-order valence-corrected chi connectivity index (χ2v) is 2.29. The summed E-state index contributed by atoms with van der Waals surface area (Å²) in [5.41, 5.74) is 5.97. The lowest BCUT2D eigenvalue weighted by atomic mass is 10.4. The Kier molecular flexibility index (Phi) is 6.12. The summed E-state index contributed by atoms with van der Waals surface area (Å²) in [7, 11) is 0. The maximum Gasteiger partial charge on any atom is 0.100 e. The van der Waals surface area contributed by atoms with Crippen LogP contribution in [0.4, 0.5) is 5.00 Å². The fourth-order valence-corrected chi connectivity index (χ4v) is 0.990. The number of nitrogens with zero attached hydrogens (tertiary/aromatic N) is 1. The van der Waals surface area contributed by atoms with Crippen LogP contribution in [0.1, 0.15) is 13.0 Å². The highest BCUT2D eigenvalue weighted by atomic mass is 35.5. The minimum absolute atomic E-state index is 0. The van der Waals surface area contributed by atoms with E-state index in [4.69, 9.17) is 11.0 Å². The highest BCUT2D eigenvalue weighted by molar-refractivity contribution is 7.14. The van der Waals surface area contributed by atoms with Crippen molar-refractivity contribution in [3.05, 3.63) is 17.0 Å². The molecular weight excluding hydrogens is 168 g/mol. The van der Waals surface area contributed by atoms with Gasteiger partial charge in [0, 0.05) is 5.38 Å². The van der Waals surface area contributed by atoms with Crippen molar-refractivity contribution >= 4 is 28.7 Å². The van der Waals surface area contributed by atoms with Crippen molar-refractivity contribution < 1.29 is 0 Å². The predicted molar refractivity (Wildman–Crippen MR) is 47.4 cm³/mol. The molecule has 0 fully saturated rings. The lowest BCUT2D eigenvalue weighted by molar-refractivity contribution is 1.51. The smallest absolute Gasteiger partial charge is 0.100 e. The molecule has 0 spiro atoms. The molecule has 0 unspecified atom stereocenters. The van der Waals surface area contributed by atoms with Gasteiger partial charge in [0.15, 0.2) is 0 Å². The standard InChI is InChI=1S/C5H4N2S.CH4.ClH/c6-2-4-1-5(7)8-3-4;;/h1,3H,7H2;1H4;1H. The van der Waals surface area contributed by atoms with E-state index >= 15 is 0 Å². The van der Waals surface area contributed by atoms with Gasteiger partial charge in [0.05, 0.1) is 10.6 Å². The molecule has 10 heavy (non-hydrogen) atoms. The number of halogens is 1. The predicted octanol–water partition coefficient (Wildman–Crippen LogP) is 2.26. The molecule has 0 bridgehead atoms. The van der Waals surface area contributed by atoms with Crippen LogP contribution in [0.5, 0.6) is 0 Å². The Morgan fingerprint density at radius 2 is 2.20 bits per heavy atom. The largest absolute Gasteiger partial charge is 0.391 e. The van der Waals surface area contributed by atoms with Gasteiger partial charge in [-0.1, -0.05) is 7.43 Å². The van der Waals surface area contributed by atoms with Gasteiger partial charge < -0.3 is 5.73 Å². The molecule has 2 N–H and O–H groups in total. The molecule has 0 aliphatic rings. The normalized spacial score (nSPS) is 6.70. The Morgan fingerprint density at radius 1 is 1.60 bits per heavy atom. The first kappa shape index (κ1) is 12.0. The molecule has 0 atom stereocenters. The van der Waals surface area contributed by atoms with E-state index in [1.54, 1.807) is 11.4 Å². The van der Waals surface area contributed by atoms with Crippen molar-refractivity contribution in [1.82, 2.24) is 0 Å². The number of hydrogen-bond donors (Lipinski definition) is 1. The molecule has 0 aromatic carbocycles. The van der Waals surface area contributed by atoms with Crippen molar-refractivity contribution in [2.45, 2.75) is 7.43 Å². The Balaban J connectivity index is 0. The summed E-state index contributed by atoms with van der Waals surface area (Å²) in [5, 5.41) is 10.7. The number of thiophene rings is 1. The second-order valence-electron chi connectivity index (χ2n) is 1.35. The van der Waals surface area contributed by atoms with Crippen LogP contribution < -0.4 is 5.73 Å². The fraction of sp³-hybridized carbons (Fsp3) is 0.167. The topological polar surface area (TPSA) is 49.8 Å². The molecule has 56 valence electrons. The third-order valence-electron chi connectivity index (χ3n) is 0.749. The average molecular weight is 177 g/mol. The molecule has 1 rings (SSSR count). The first-order valence-corrected chi connectivity index (χ1v) is 2.95. The molecular formula is C6H9ClN2S. The van der Waals surface area contributed by atoms with E-state index in [-0.39, 0.29) is 19.8 Å². The molecule has 0 amide bonds. The van der Waals surface area contributed by atoms with Crippen LogP contribution in [0.25, 0.3) is 0 Å². The first-order chi connectivity index (χ1) is 3.83. The number of nitrogen functional groups attached to an aromatic ring is 1. The highest BCUT2D eigenvalue weighted by Gasteiger charge is 1.90. The zero-order valence-electron chi connectivity index (χ0n) is 4.50. The van der Waals surface area contributed by atoms with Crippen LogP contribution in [0.15, 0.2) is 11.4 Å². The number of nitriles is 1. The Labute approximate surface area is 70.7 Å². The minimum atomic E-state index is 0. The van der Waals surface area contributed by atoms with Gasteiger partial charge in [-0.3, -0.25) is 0 Å². The summed E-state index contributed by atoms with van der Waals surface area (Å²) in [6, 6.07) is 3.64. The van der Waals surface area contributed by atoms with Gasteiger partial charge >= 0.3 is 0 Å². The van der Waals surface area contributed by atoms with Crippen molar-refractivity contribution in [3.8, 4) is 6.07 Å². The number of hydrogen-bond acceptors (Lipinski definition) is 3. The van der Waals surface area contributed by atoms with E-state index < -0.39 is 0 Å². The number of nitrogens with two attached hydrogens (primary N) is 1. The van der Waals surface area contributed by atoms with Crippen molar-refractivity contribution in [3.63, 3.8) is 0 Å². The quantitative estimate of drug-likeness (QED) is 0.659. The molecule has 0 aliphatic heterocycles. The van der Waals surface area contributed by atoms with Crippen molar-refractivity contribution in [2.75, 3.05) is 5.73 Å². The number of rotatable bonds is 0. The molecule has 4 heteroatoms. The van der Waals surface area contributed by atoms with Crippen LogP contribution in [0.3, 0.4) is 0 Å². The van der Waals surface area contributed by atoms with Crippen LogP contribution in [0, 0.1) is 11.3 Å². The van der Waals surface area contributed by atoms with Crippen molar-refractivity contribution in [1.29, 1.82) is 5.26 Å². The average Bonchev–Trinajstić information content (AvgIpc) is 2.14. The van der Waals surface area contributed by atoms with Crippen LogP contribution in [0.2, 0.25) is 0 Å². The third-order valence-corrected chi connectivity index (χ3v) is 1.51. The minimum Gasteiger partial charge on any atom is -0.391 e. The Hall–Kier alpha value is -0.720. The maximum atomic E-state index is 8.25. The molecule has 0 saturated heterocycles. The molecule has 1 aromatic rings. The van der Waals surface area contributed by atoms with Gasteiger partial charge in [0.25, 0.3) is 0 Å². The summed E-state index contributed by atoms with van der Waals surface area (Å²) in [6.45, 7) is 0. The second kappa shape index (κ2) is 5.10. The molecule has 1 heterocycles. The van der Waals surface area contributed by atoms with Gasteiger partial charge in [0.2, 0.25) is 0 Å². The zero-order chi connectivity index (χ0) is 5.98. The van der Waals surface area contributed by atoms with Crippen LogP contribution in [-0.2, 0) is 0 Å². The molecule has 1 aromatic heterocycles. The van der Waals surface area contributed by atoms with Gasteiger partial charge in [-0.25, -0.2) is 0 Å². The summed E-state index contributed by atoms with van der Waals surface area (Å²) < 4.78 is 0. The maximum absolute atomic E-state index is 8.25. The molecule has 0 radical (unpaired) electrons. The van der Waals surface area contributed by atoms with E-state index in [9.17, 15) is 0 Å². The molecule has 0 saturated carbocycles. The van der Waals surface area contributed by atoms with Gasteiger partial charge in [0.1, 0.15) is 6.07 Å². The van der Waals surface area contributed by atoms with E-state index in [2.05, 4.69) is 0 Å². The summed E-state index contributed by atoms with van der Waals surface area (Å²) in [6.07, 6.45) is 0. The SMILES string of the molecule is C.Cl.N#Cc1csc(N)c1. The lowest BCUT2D eigenvalue weighted by Crippen LogP contribution is -1.73. The van der Waals surface area contributed by atoms with Gasteiger partial charge in [-0.15, -0.1) is 23.7 Å². The Morgan fingerprint density at radius 3 is 2.40 bits per heavy atom. The van der Waals surface area contributed by atoms with E-state index in [0.717, 1.165) is 0 Å². The first-order valence-electron chi connectivity index (χ1n) is 2.07. The van der Waals surface area contributed by atoms with E-state index in [1.807, 2.05) is 6.07 Å². The van der Waals surface area contributed by atoms with Gasteiger partial charge in [-0.05, 0) is 6.07 Å². The fourth-order valence-electron chi connectivity index (χ4n) is 0.411. The van der Waals surface area contributed by atoms with Gasteiger partial charge in [-0.2, -0.15) is 5.26 Å². The monoisotopic (exact) mass is 176 g/mol. The lowest BCUT2D eigenvalue weighted by Gasteiger charge is -1.70. The van der Waals surface area contributed by atoms with E-state index in [0.29, 0.717) is 10.6 Å². The van der Waals surface area contributed by atoms with Crippen LogP contribution in [-0.4, -0.2) is 0 Å².